The standard InChI is InChI=1S/C11H11BrN2O5/c12-5-1-2-8(15)6(3-5)10(17)14-7(11(18)19)4-9(13)16/h1-3,7,15H,4H2,(H2,13,16)(H,14,17)(H,18,19)/t7-/m0/s1. The molecular weight excluding hydrogens is 320 g/mol. The highest BCUT2D eigenvalue weighted by Crippen LogP contribution is 2.21. The molecule has 8 heteroatoms. The van der Waals surface area contributed by atoms with Gasteiger partial charge in [0.25, 0.3) is 5.91 Å². The van der Waals surface area contributed by atoms with Crippen LogP contribution >= 0.6 is 15.9 Å². The molecule has 0 aliphatic carbocycles. The minimum Gasteiger partial charge on any atom is -0.507 e. The molecule has 102 valence electrons. The molecule has 0 saturated carbocycles. The smallest absolute Gasteiger partial charge is 0.326 e. The molecule has 0 saturated heterocycles. The molecule has 5 N–H and O–H groups in total. The number of nitrogens with one attached hydrogen (secondary N) is 1. The highest BCUT2D eigenvalue weighted by molar-refractivity contribution is 9.10. The van der Waals surface area contributed by atoms with Gasteiger partial charge in [0.05, 0.1) is 12.0 Å². The van der Waals surface area contributed by atoms with Crippen LogP contribution in [-0.2, 0) is 9.59 Å². The number of carboxylic acid groups (broad SMARTS) is 1. The van der Waals surface area contributed by atoms with Gasteiger partial charge in [0.1, 0.15) is 11.8 Å². The predicted molar refractivity (Wildman–Crippen MR) is 68.5 cm³/mol. The molecule has 0 spiro atoms. The van der Waals surface area contributed by atoms with E-state index in [-0.39, 0.29) is 11.3 Å². The molecular formula is C11H11BrN2O5. The van der Waals surface area contributed by atoms with Crippen LogP contribution in [0, 0.1) is 0 Å². The second kappa shape index (κ2) is 6.19. The summed E-state index contributed by atoms with van der Waals surface area (Å²) in [6.45, 7) is 0. The van der Waals surface area contributed by atoms with Crippen molar-refractivity contribution in [2.75, 3.05) is 0 Å². The van der Waals surface area contributed by atoms with Crippen molar-refractivity contribution in [2.24, 2.45) is 5.73 Å². The number of nitrogens with two attached hydrogens (primary N) is 1. The van der Waals surface area contributed by atoms with Gasteiger partial charge >= 0.3 is 5.97 Å². The highest BCUT2D eigenvalue weighted by Gasteiger charge is 2.23. The topological polar surface area (TPSA) is 130 Å². The van der Waals surface area contributed by atoms with Crippen LogP contribution in [0.2, 0.25) is 0 Å². The highest BCUT2D eigenvalue weighted by atomic mass is 79.9. The van der Waals surface area contributed by atoms with Crippen LogP contribution < -0.4 is 11.1 Å². The second-order valence-corrected chi connectivity index (χ2v) is 4.61. The average molecular weight is 331 g/mol. The number of aliphatic carboxylic acids is 1. The number of carbonyl (C=O) groups is 3. The van der Waals surface area contributed by atoms with Crippen LogP contribution in [0.1, 0.15) is 16.8 Å². The maximum absolute atomic E-state index is 11.8. The molecule has 0 unspecified atom stereocenters. The van der Waals surface area contributed by atoms with Gasteiger partial charge in [0.15, 0.2) is 0 Å². The minimum atomic E-state index is -1.44. The van der Waals surface area contributed by atoms with Gasteiger partial charge < -0.3 is 21.3 Å². The van der Waals surface area contributed by atoms with Crippen molar-refractivity contribution in [1.82, 2.24) is 5.32 Å². The van der Waals surface area contributed by atoms with Crippen molar-refractivity contribution >= 4 is 33.7 Å². The summed E-state index contributed by atoms with van der Waals surface area (Å²) in [6, 6.07) is 2.68. The zero-order chi connectivity index (χ0) is 14.6. The molecule has 0 aromatic heterocycles. The molecule has 0 aliphatic heterocycles. The summed E-state index contributed by atoms with van der Waals surface area (Å²) in [6.07, 6.45) is -0.532. The zero-order valence-corrected chi connectivity index (χ0v) is 11.2. The summed E-state index contributed by atoms with van der Waals surface area (Å²) in [7, 11) is 0. The molecule has 1 aromatic carbocycles. The number of benzene rings is 1. The van der Waals surface area contributed by atoms with Crippen LogP contribution in [0.4, 0.5) is 0 Å². The van der Waals surface area contributed by atoms with Crippen LogP contribution in [0.25, 0.3) is 0 Å². The molecule has 19 heavy (non-hydrogen) atoms. The van der Waals surface area contributed by atoms with Gasteiger partial charge in [-0.2, -0.15) is 0 Å². The molecule has 0 fully saturated rings. The van der Waals surface area contributed by atoms with Crippen LogP contribution in [-0.4, -0.2) is 34.0 Å². The summed E-state index contributed by atoms with van der Waals surface area (Å²) >= 11 is 3.12. The van der Waals surface area contributed by atoms with E-state index in [1.165, 1.54) is 18.2 Å². The molecule has 0 radical (unpaired) electrons. The van der Waals surface area contributed by atoms with E-state index in [1.807, 2.05) is 0 Å². The Morgan fingerprint density at radius 3 is 2.53 bits per heavy atom. The zero-order valence-electron chi connectivity index (χ0n) is 9.59. The summed E-state index contributed by atoms with van der Waals surface area (Å²) < 4.78 is 0.539. The van der Waals surface area contributed by atoms with Gasteiger partial charge in [-0.25, -0.2) is 4.79 Å². The number of primary amides is 1. The lowest BCUT2D eigenvalue weighted by Gasteiger charge is -2.13. The summed E-state index contributed by atoms with van der Waals surface area (Å²) in [5.41, 5.74) is 4.78. The molecule has 0 bridgehead atoms. The molecule has 1 rings (SSSR count). The Bertz CT molecular complexity index is 532. The first-order chi connectivity index (χ1) is 8.81. The SMILES string of the molecule is NC(=O)C[C@H](NC(=O)c1cc(Br)ccc1O)C(=O)O. The number of carbonyl (C=O) groups excluding carboxylic acids is 2. The van der Waals surface area contributed by atoms with Crippen molar-refractivity contribution in [2.45, 2.75) is 12.5 Å². The summed E-state index contributed by atoms with van der Waals surface area (Å²) in [5.74, 6) is -3.36. The Morgan fingerprint density at radius 2 is 2.00 bits per heavy atom. The summed E-state index contributed by atoms with van der Waals surface area (Å²) in [5, 5.41) is 20.5. The molecule has 1 aromatic rings. The normalized spacial score (nSPS) is 11.6. The molecule has 2 amide bonds. The fraction of sp³-hybridized carbons (Fsp3) is 0.182. The maximum Gasteiger partial charge on any atom is 0.326 e. The van der Waals surface area contributed by atoms with E-state index in [2.05, 4.69) is 21.2 Å². The predicted octanol–water partition coefficient (Wildman–Crippen LogP) is 0.213. The summed E-state index contributed by atoms with van der Waals surface area (Å²) in [4.78, 5) is 33.4. The quantitative estimate of drug-likeness (QED) is 0.613. The Balaban J connectivity index is 2.90. The van der Waals surface area contributed by atoms with Crippen molar-refractivity contribution in [3.8, 4) is 5.75 Å². The lowest BCUT2D eigenvalue weighted by Crippen LogP contribution is -2.43. The number of aromatic hydroxyl groups is 1. The molecule has 7 nitrogen and oxygen atoms in total. The molecule has 0 heterocycles. The lowest BCUT2D eigenvalue weighted by molar-refractivity contribution is -0.140. The van der Waals surface area contributed by atoms with E-state index < -0.39 is 30.2 Å². The Kier molecular flexibility index (Phi) is 4.87. The minimum absolute atomic E-state index is 0.106. The van der Waals surface area contributed by atoms with Crippen molar-refractivity contribution in [3.63, 3.8) is 0 Å². The van der Waals surface area contributed by atoms with Gasteiger partial charge in [-0.05, 0) is 18.2 Å². The first kappa shape index (κ1) is 15.0. The number of hydrogen-bond donors (Lipinski definition) is 4. The van der Waals surface area contributed by atoms with E-state index in [0.29, 0.717) is 4.47 Å². The third-order valence-corrected chi connectivity index (χ3v) is 2.71. The van der Waals surface area contributed by atoms with E-state index in [1.54, 1.807) is 0 Å². The second-order valence-electron chi connectivity index (χ2n) is 3.70. The van der Waals surface area contributed by atoms with Crippen molar-refractivity contribution in [1.29, 1.82) is 0 Å². The monoisotopic (exact) mass is 330 g/mol. The van der Waals surface area contributed by atoms with Crippen LogP contribution in [0.15, 0.2) is 22.7 Å². The van der Waals surface area contributed by atoms with Gasteiger partial charge in [-0.3, -0.25) is 9.59 Å². The van der Waals surface area contributed by atoms with Gasteiger partial charge in [-0.1, -0.05) is 15.9 Å². The largest absolute Gasteiger partial charge is 0.507 e. The number of carboxylic acids is 1. The van der Waals surface area contributed by atoms with E-state index in [0.717, 1.165) is 0 Å². The van der Waals surface area contributed by atoms with Crippen molar-refractivity contribution in [3.05, 3.63) is 28.2 Å². The van der Waals surface area contributed by atoms with Crippen LogP contribution in [0.3, 0.4) is 0 Å². The number of amides is 2. The van der Waals surface area contributed by atoms with Gasteiger partial charge in [0.2, 0.25) is 5.91 Å². The number of phenols is 1. The van der Waals surface area contributed by atoms with Crippen molar-refractivity contribution < 1.29 is 24.6 Å². The fourth-order valence-electron chi connectivity index (χ4n) is 1.33. The van der Waals surface area contributed by atoms with E-state index >= 15 is 0 Å². The average Bonchev–Trinajstić information content (AvgIpc) is 2.30. The number of halogens is 1. The maximum atomic E-state index is 11.8. The third-order valence-electron chi connectivity index (χ3n) is 2.21. The van der Waals surface area contributed by atoms with Gasteiger partial charge in [0, 0.05) is 4.47 Å². The first-order valence-corrected chi connectivity index (χ1v) is 5.91. The molecule has 1 atom stereocenters. The first-order valence-electron chi connectivity index (χ1n) is 5.11. The van der Waals surface area contributed by atoms with Gasteiger partial charge in [-0.15, -0.1) is 0 Å². The number of phenolic OH excluding ortho intramolecular Hbond substituents is 1. The fourth-order valence-corrected chi connectivity index (χ4v) is 1.69. The van der Waals surface area contributed by atoms with Crippen LogP contribution in [0.5, 0.6) is 5.75 Å². The molecule has 0 aliphatic rings. The Labute approximate surface area is 116 Å². The van der Waals surface area contributed by atoms with E-state index in [9.17, 15) is 19.5 Å². The lowest BCUT2D eigenvalue weighted by atomic mass is 10.1. The third kappa shape index (κ3) is 4.25. The Morgan fingerprint density at radius 1 is 1.37 bits per heavy atom. The van der Waals surface area contributed by atoms with E-state index in [4.69, 9.17) is 10.8 Å². The Hall–Kier alpha value is -2.09. The number of rotatable bonds is 5. The number of hydrogen-bond acceptors (Lipinski definition) is 4.